The molecule has 1 aliphatic rings. The molecule has 1 heterocycles. The van der Waals surface area contributed by atoms with Crippen LogP contribution in [0.15, 0.2) is 0 Å². The van der Waals surface area contributed by atoms with Gasteiger partial charge >= 0.3 is 0 Å². The van der Waals surface area contributed by atoms with Crippen LogP contribution in [0.5, 0.6) is 0 Å². The minimum atomic E-state index is 0.225. The van der Waals surface area contributed by atoms with Crippen LogP contribution in [-0.2, 0) is 9.53 Å². The van der Waals surface area contributed by atoms with E-state index < -0.39 is 0 Å². The van der Waals surface area contributed by atoms with Crippen molar-refractivity contribution in [3.05, 3.63) is 0 Å². The zero-order chi connectivity index (χ0) is 11.6. The number of carbonyl (C=O) groups is 1. The maximum atomic E-state index is 11.5. The normalized spacial score (nSPS) is 17.3. The fourth-order valence-electron chi connectivity index (χ4n) is 2.06. The first kappa shape index (κ1) is 13.5. The van der Waals surface area contributed by atoms with Crippen LogP contribution in [0, 0.1) is 5.92 Å². The molecule has 0 radical (unpaired) electrons. The van der Waals surface area contributed by atoms with Gasteiger partial charge in [-0.3, -0.25) is 4.79 Å². The first-order valence-corrected chi connectivity index (χ1v) is 6.67. The predicted molar refractivity (Wildman–Crippen MR) is 65.3 cm³/mol. The van der Waals surface area contributed by atoms with Crippen LogP contribution in [0.1, 0.15) is 51.9 Å². The van der Waals surface area contributed by atoms with Gasteiger partial charge in [0.15, 0.2) is 0 Å². The fraction of sp³-hybridized carbons (Fsp3) is 0.923. The molecule has 1 saturated heterocycles. The Morgan fingerprint density at radius 1 is 1.31 bits per heavy atom. The van der Waals surface area contributed by atoms with Crippen molar-refractivity contribution in [3.63, 3.8) is 0 Å². The lowest BCUT2D eigenvalue weighted by Crippen LogP contribution is -2.25. The molecular formula is C13H25NO2. The fourth-order valence-corrected chi connectivity index (χ4v) is 2.06. The van der Waals surface area contributed by atoms with Gasteiger partial charge in [0.25, 0.3) is 0 Å². The number of nitrogens with one attached hydrogen (secondary N) is 1. The smallest absolute Gasteiger partial charge is 0.220 e. The summed E-state index contributed by atoms with van der Waals surface area (Å²) in [5.74, 6) is 0.928. The molecule has 0 spiro atoms. The predicted octanol–water partition coefficient (Wildman–Crippen LogP) is 2.50. The summed E-state index contributed by atoms with van der Waals surface area (Å²) in [5, 5.41) is 2.99. The molecule has 0 aromatic carbocycles. The van der Waals surface area contributed by atoms with Crippen LogP contribution in [-0.4, -0.2) is 25.7 Å². The molecule has 1 fully saturated rings. The number of amides is 1. The number of carbonyl (C=O) groups excluding carboxylic acids is 1. The summed E-state index contributed by atoms with van der Waals surface area (Å²) < 4.78 is 5.30. The standard InChI is InChI=1S/C13H25NO2/c1-2-3-4-9-14-13(15)6-5-12-7-10-16-11-8-12/h12H,2-11H2,1H3,(H,14,15). The van der Waals surface area contributed by atoms with Crippen molar-refractivity contribution in [2.75, 3.05) is 19.8 Å². The zero-order valence-electron chi connectivity index (χ0n) is 10.5. The molecule has 16 heavy (non-hydrogen) atoms. The summed E-state index contributed by atoms with van der Waals surface area (Å²) >= 11 is 0. The molecule has 1 aliphatic heterocycles. The van der Waals surface area contributed by atoms with Gasteiger partial charge in [0.05, 0.1) is 0 Å². The van der Waals surface area contributed by atoms with Crippen LogP contribution in [0.2, 0.25) is 0 Å². The van der Waals surface area contributed by atoms with Crippen molar-refractivity contribution in [1.29, 1.82) is 0 Å². The summed E-state index contributed by atoms with van der Waals surface area (Å²) in [5.41, 5.74) is 0. The molecule has 0 aromatic heterocycles. The minimum absolute atomic E-state index is 0.225. The maximum absolute atomic E-state index is 11.5. The summed E-state index contributed by atoms with van der Waals surface area (Å²) in [6.07, 6.45) is 7.50. The van der Waals surface area contributed by atoms with E-state index in [4.69, 9.17) is 4.74 Å². The highest BCUT2D eigenvalue weighted by molar-refractivity contribution is 5.75. The van der Waals surface area contributed by atoms with Crippen molar-refractivity contribution in [2.24, 2.45) is 5.92 Å². The summed E-state index contributed by atoms with van der Waals surface area (Å²) in [4.78, 5) is 11.5. The van der Waals surface area contributed by atoms with Crippen LogP contribution < -0.4 is 5.32 Å². The highest BCUT2D eigenvalue weighted by atomic mass is 16.5. The Morgan fingerprint density at radius 3 is 2.75 bits per heavy atom. The van der Waals surface area contributed by atoms with Crippen molar-refractivity contribution in [1.82, 2.24) is 5.32 Å². The van der Waals surface area contributed by atoms with Crippen LogP contribution in [0.25, 0.3) is 0 Å². The number of ether oxygens (including phenoxy) is 1. The monoisotopic (exact) mass is 227 g/mol. The van der Waals surface area contributed by atoms with Crippen LogP contribution in [0.3, 0.4) is 0 Å². The van der Waals surface area contributed by atoms with Crippen molar-refractivity contribution in [3.8, 4) is 0 Å². The second kappa shape index (κ2) is 8.57. The average molecular weight is 227 g/mol. The lowest BCUT2D eigenvalue weighted by molar-refractivity contribution is -0.121. The van der Waals surface area contributed by atoms with E-state index >= 15 is 0 Å². The third-order valence-electron chi connectivity index (χ3n) is 3.22. The van der Waals surface area contributed by atoms with Gasteiger partial charge in [0.1, 0.15) is 0 Å². The van der Waals surface area contributed by atoms with E-state index in [1.54, 1.807) is 0 Å². The van der Waals surface area contributed by atoms with Crippen LogP contribution >= 0.6 is 0 Å². The molecule has 0 unspecified atom stereocenters. The molecule has 0 bridgehead atoms. The van der Waals surface area contributed by atoms with Gasteiger partial charge in [-0.05, 0) is 31.6 Å². The molecule has 3 nitrogen and oxygen atoms in total. The van der Waals surface area contributed by atoms with Crippen molar-refractivity contribution < 1.29 is 9.53 Å². The van der Waals surface area contributed by atoms with Gasteiger partial charge in [-0.25, -0.2) is 0 Å². The van der Waals surface area contributed by atoms with Gasteiger partial charge in [0.2, 0.25) is 5.91 Å². The van der Waals surface area contributed by atoms with E-state index in [0.717, 1.165) is 45.4 Å². The van der Waals surface area contributed by atoms with E-state index in [2.05, 4.69) is 12.2 Å². The first-order valence-electron chi connectivity index (χ1n) is 6.67. The Bertz CT molecular complexity index is 188. The summed E-state index contributed by atoms with van der Waals surface area (Å²) in [6, 6.07) is 0. The molecule has 1 rings (SSSR count). The Labute approximate surface area is 98.9 Å². The lowest BCUT2D eigenvalue weighted by atomic mass is 9.95. The molecule has 94 valence electrons. The molecule has 1 N–H and O–H groups in total. The van der Waals surface area contributed by atoms with E-state index in [-0.39, 0.29) is 5.91 Å². The lowest BCUT2D eigenvalue weighted by Gasteiger charge is -2.21. The SMILES string of the molecule is CCCCCNC(=O)CCC1CCOCC1. The van der Waals surface area contributed by atoms with E-state index in [0.29, 0.717) is 12.3 Å². The quantitative estimate of drug-likeness (QED) is 0.679. The third-order valence-corrected chi connectivity index (χ3v) is 3.22. The van der Waals surface area contributed by atoms with E-state index in [9.17, 15) is 4.79 Å². The average Bonchev–Trinajstić information content (AvgIpc) is 2.33. The minimum Gasteiger partial charge on any atom is -0.381 e. The Morgan fingerprint density at radius 2 is 2.06 bits per heavy atom. The number of hydrogen-bond acceptors (Lipinski definition) is 2. The van der Waals surface area contributed by atoms with Gasteiger partial charge in [-0.15, -0.1) is 0 Å². The molecule has 3 heteroatoms. The number of hydrogen-bond donors (Lipinski definition) is 1. The summed E-state index contributed by atoms with van der Waals surface area (Å²) in [7, 11) is 0. The highest BCUT2D eigenvalue weighted by Gasteiger charge is 2.14. The molecular weight excluding hydrogens is 202 g/mol. The van der Waals surface area contributed by atoms with Gasteiger partial charge in [-0.1, -0.05) is 19.8 Å². The Hall–Kier alpha value is -0.570. The van der Waals surface area contributed by atoms with Crippen molar-refractivity contribution in [2.45, 2.75) is 51.9 Å². The highest BCUT2D eigenvalue weighted by Crippen LogP contribution is 2.19. The maximum Gasteiger partial charge on any atom is 0.220 e. The largest absolute Gasteiger partial charge is 0.381 e. The zero-order valence-corrected chi connectivity index (χ0v) is 10.5. The van der Waals surface area contributed by atoms with E-state index in [1.807, 2.05) is 0 Å². The Balaban J connectivity index is 1.96. The third kappa shape index (κ3) is 6.11. The van der Waals surface area contributed by atoms with E-state index in [1.165, 1.54) is 12.8 Å². The van der Waals surface area contributed by atoms with Gasteiger partial charge in [0, 0.05) is 26.2 Å². The molecule has 0 atom stereocenters. The molecule has 0 saturated carbocycles. The first-order chi connectivity index (χ1) is 7.83. The second-order valence-corrected chi connectivity index (χ2v) is 4.65. The molecule has 0 aromatic rings. The summed E-state index contributed by atoms with van der Waals surface area (Å²) in [6.45, 7) is 4.78. The molecule has 0 aliphatic carbocycles. The number of rotatable bonds is 7. The topological polar surface area (TPSA) is 38.3 Å². The van der Waals surface area contributed by atoms with Crippen LogP contribution in [0.4, 0.5) is 0 Å². The van der Waals surface area contributed by atoms with Gasteiger partial charge < -0.3 is 10.1 Å². The van der Waals surface area contributed by atoms with Gasteiger partial charge in [-0.2, -0.15) is 0 Å². The molecule has 1 amide bonds. The second-order valence-electron chi connectivity index (χ2n) is 4.65. The number of unbranched alkanes of at least 4 members (excludes halogenated alkanes) is 2. The Kier molecular flexibility index (Phi) is 7.23. The van der Waals surface area contributed by atoms with Crippen molar-refractivity contribution >= 4 is 5.91 Å².